The Morgan fingerprint density at radius 2 is 1.88 bits per heavy atom. The van der Waals surface area contributed by atoms with Crippen LogP contribution < -0.4 is 5.32 Å². The number of nitrogens with one attached hydrogen (secondary N) is 1. The normalized spacial score (nSPS) is 19.6. The average Bonchev–Trinajstić information content (AvgIpc) is 2.95. The first kappa shape index (κ1) is 16.4. The zero-order chi connectivity index (χ0) is 17.6. The van der Waals surface area contributed by atoms with Crippen LogP contribution in [0.2, 0.25) is 10.0 Å². The number of fused-ring (bicyclic) bond motifs is 1. The van der Waals surface area contributed by atoms with E-state index in [1.165, 1.54) is 0 Å². The van der Waals surface area contributed by atoms with Crippen molar-refractivity contribution >= 4 is 40.2 Å². The Bertz CT molecular complexity index is 944. The molecule has 1 aromatic heterocycles. The lowest BCUT2D eigenvalue weighted by molar-refractivity contribution is 0.0562. The lowest BCUT2D eigenvalue weighted by atomic mass is 9.89. The standard InChI is InChI=1S/C18H14Cl2N2O3/c19-11-3-10(4-12(20)6-11)18-22-15-2-1-9(5-16(15)25-18)17(24)21-13-7-14(23)8-13/h1-6,13-14,23H,7-8H2,(H,21,24). The molecule has 1 saturated carbocycles. The van der Waals surface area contributed by atoms with Gasteiger partial charge in [0.2, 0.25) is 5.89 Å². The number of carbonyl (C=O) groups is 1. The molecular weight excluding hydrogens is 363 g/mol. The molecule has 128 valence electrons. The summed E-state index contributed by atoms with van der Waals surface area (Å²) in [4.78, 5) is 16.7. The molecule has 5 nitrogen and oxygen atoms in total. The van der Waals surface area contributed by atoms with E-state index in [-0.39, 0.29) is 18.1 Å². The molecule has 0 unspecified atom stereocenters. The van der Waals surface area contributed by atoms with E-state index in [4.69, 9.17) is 27.6 Å². The molecule has 3 aromatic rings. The second-order valence-electron chi connectivity index (χ2n) is 6.16. The average molecular weight is 377 g/mol. The molecule has 25 heavy (non-hydrogen) atoms. The van der Waals surface area contributed by atoms with E-state index in [0.717, 1.165) is 0 Å². The smallest absolute Gasteiger partial charge is 0.251 e. The van der Waals surface area contributed by atoms with Crippen LogP contribution in [0.4, 0.5) is 0 Å². The Labute approximate surface area is 153 Å². The number of benzene rings is 2. The van der Waals surface area contributed by atoms with Crippen LogP contribution in [0.1, 0.15) is 23.2 Å². The number of aromatic nitrogens is 1. The predicted octanol–water partition coefficient (Wildman–Crippen LogP) is 4.05. The van der Waals surface area contributed by atoms with Gasteiger partial charge in [-0.15, -0.1) is 0 Å². The van der Waals surface area contributed by atoms with Crippen LogP contribution in [-0.4, -0.2) is 28.1 Å². The zero-order valence-corrected chi connectivity index (χ0v) is 14.5. The number of amides is 1. The third kappa shape index (κ3) is 3.35. The summed E-state index contributed by atoms with van der Waals surface area (Å²) >= 11 is 12.0. The molecule has 1 aliphatic carbocycles. The maximum atomic E-state index is 12.3. The van der Waals surface area contributed by atoms with Crippen molar-refractivity contribution in [2.24, 2.45) is 0 Å². The lowest BCUT2D eigenvalue weighted by Gasteiger charge is -2.31. The molecule has 7 heteroatoms. The minimum Gasteiger partial charge on any atom is -0.436 e. The quantitative estimate of drug-likeness (QED) is 0.722. The summed E-state index contributed by atoms with van der Waals surface area (Å²) in [6, 6.07) is 10.2. The van der Waals surface area contributed by atoms with Crippen LogP contribution in [0.5, 0.6) is 0 Å². The van der Waals surface area contributed by atoms with Crippen LogP contribution in [0.25, 0.3) is 22.6 Å². The summed E-state index contributed by atoms with van der Waals surface area (Å²) in [6.45, 7) is 0. The first-order chi connectivity index (χ1) is 12.0. The van der Waals surface area contributed by atoms with Crippen LogP contribution in [0, 0.1) is 0 Å². The number of oxazole rings is 1. The maximum Gasteiger partial charge on any atom is 0.251 e. The van der Waals surface area contributed by atoms with Crippen molar-refractivity contribution in [1.82, 2.24) is 10.3 Å². The predicted molar refractivity (Wildman–Crippen MR) is 96.0 cm³/mol. The number of aliphatic hydroxyl groups is 1. The van der Waals surface area contributed by atoms with Gasteiger partial charge in [-0.3, -0.25) is 4.79 Å². The summed E-state index contributed by atoms with van der Waals surface area (Å²) < 4.78 is 5.77. The third-order valence-electron chi connectivity index (χ3n) is 4.21. The van der Waals surface area contributed by atoms with Crippen LogP contribution in [0.3, 0.4) is 0 Å². The molecule has 0 spiro atoms. The second-order valence-corrected chi connectivity index (χ2v) is 7.03. The van der Waals surface area contributed by atoms with Gasteiger partial charge in [0.25, 0.3) is 5.91 Å². The summed E-state index contributed by atoms with van der Waals surface area (Å²) in [5, 5.41) is 13.2. The summed E-state index contributed by atoms with van der Waals surface area (Å²) in [5.41, 5.74) is 2.30. The number of hydrogen-bond donors (Lipinski definition) is 2. The molecule has 4 rings (SSSR count). The molecular formula is C18H14Cl2N2O3. The number of rotatable bonds is 3. The molecule has 1 amide bonds. The van der Waals surface area contributed by atoms with Gasteiger partial charge >= 0.3 is 0 Å². The van der Waals surface area contributed by atoms with Crippen LogP contribution in [0.15, 0.2) is 40.8 Å². The zero-order valence-electron chi connectivity index (χ0n) is 13.0. The van der Waals surface area contributed by atoms with Crippen molar-refractivity contribution in [3.8, 4) is 11.5 Å². The monoisotopic (exact) mass is 376 g/mol. The topological polar surface area (TPSA) is 75.4 Å². The summed E-state index contributed by atoms with van der Waals surface area (Å²) in [7, 11) is 0. The Morgan fingerprint density at radius 1 is 1.16 bits per heavy atom. The second kappa shape index (κ2) is 6.33. The maximum absolute atomic E-state index is 12.3. The van der Waals surface area contributed by atoms with E-state index in [0.29, 0.717) is 51.0 Å². The highest BCUT2D eigenvalue weighted by atomic mass is 35.5. The van der Waals surface area contributed by atoms with Crippen molar-refractivity contribution in [2.75, 3.05) is 0 Å². The van der Waals surface area contributed by atoms with Gasteiger partial charge in [0.15, 0.2) is 5.58 Å². The summed E-state index contributed by atoms with van der Waals surface area (Å²) in [5.74, 6) is 0.196. The fraction of sp³-hybridized carbons (Fsp3) is 0.222. The minimum absolute atomic E-state index is 0.0251. The van der Waals surface area contributed by atoms with Crippen molar-refractivity contribution in [3.05, 3.63) is 52.0 Å². The van der Waals surface area contributed by atoms with E-state index in [1.807, 2.05) is 0 Å². The van der Waals surface area contributed by atoms with Crippen molar-refractivity contribution in [1.29, 1.82) is 0 Å². The third-order valence-corrected chi connectivity index (χ3v) is 4.64. The molecule has 2 N–H and O–H groups in total. The van der Waals surface area contributed by atoms with Crippen molar-refractivity contribution < 1.29 is 14.3 Å². The lowest BCUT2D eigenvalue weighted by Crippen LogP contribution is -2.46. The van der Waals surface area contributed by atoms with E-state index < -0.39 is 0 Å². The van der Waals surface area contributed by atoms with E-state index in [2.05, 4.69) is 10.3 Å². The molecule has 0 atom stereocenters. The molecule has 0 radical (unpaired) electrons. The van der Waals surface area contributed by atoms with Crippen LogP contribution >= 0.6 is 23.2 Å². The molecule has 2 aromatic carbocycles. The van der Waals surface area contributed by atoms with Gasteiger partial charge < -0.3 is 14.8 Å². The number of hydrogen-bond acceptors (Lipinski definition) is 4. The summed E-state index contributed by atoms with van der Waals surface area (Å²) in [6.07, 6.45) is 0.875. The number of nitrogens with zero attached hydrogens (tertiary/aromatic N) is 1. The Hall–Kier alpha value is -2.08. The van der Waals surface area contributed by atoms with Crippen molar-refractivity contribution in [2.45, 2.75) is 25.0 Å². The van der Waals surface area contributed by atoms with E-state index in [1.54, 1.807) is 36.4 Å². The van der Waals surface area contributed by atoms with Gasteiger partial charge in [-0.25, -0.2) is 4.98 Å². The fourth-order valence-electron chi connectivity index (χ4n) is 2.84. The number of carbonyl (C=O) groups excluding carboxylic acids is 1. The largest absolute Gasteiger partial charge is 0.436 e. The molecule has 1 heterocycles. The van der Waals surface area contributed by atoms with E-state index in [9.17, 15) is 9.90 Å². The first-order valence-electron chi connectivity index (χ1n) is 7.84. The molecule has 0 bridgehead atoms. The van der Waals surface area contributed by atoms with Crippen LogP contribution in [-0.2, 0) is 0 Å². The number of aliphatic hydroxyl groups excluding tert-OH is 1. The molecule has 1 fully saturated rings. The highest BCUT2D eigenvalue weighted by Gasteiger charge is 2.28. The van der Waals surface area contributed by atoms with Crippen molar-refractivity contribution in [3.63, 3.8) is 0 Å². The van der Waals surface area contributed by atoms with Gasteiger partial charge in [0.1, 0.15) is 5.52 Å². The SMILES string of the molecule is O=C(NC1CC(O)C1)c1ccc2nc(-c3cc(Cl)cc(Cl)c3)oc2c1. The van der Waals surface area contributed by atoms with E-state index >= 15 is 0 Å². The van der Waals surface area contributed by atoms with Gasteiger partial charge in [0, 0.05) is 27.2 Å². The minimum atomic E-state index is -0.311. The van der Waals surface area contributed by atoms with Gasteiger partial charge in [-0.05, 0) is 49.2 Å². The Morgan fingerprint density at radius 3 is 2.56 bits per heavy atom. The molecule has 0 aliphatic heterocycles. The van der Waals surface area contributed by atoms with Gasteiger partial charge in [-0.2, -0.15) is 0 Å². The molecule has 0 saturated heterocycles. The highest BCUT2D eigenvalue weighted by molar-refractivity contribution is 6.35. The van der Waals surface area contributed by atoms with Gasteiger partial charge in [-0.1, -0.05) is 23.2 Å². The first-order valence-corrected chi connectivity index (χ1v) is 8.59. The number of halogens is 2. The fourth-order valence-corrected chi connectivity index (χ4v) is 3.37. The highest BCUT2D eigenvalue weighted by Crippen LogP contribution is 2.29. The molecule has 1 aliphatic rings. The van der Waals surface area contributed by atoms with Gasteiger partial charge in [0.05, 0.1) is 6.10 Å². The Kier molecular flexibility index (Phi) is 4.15. The Balaban J connectivity index is 1.61.